The Labute approximate surface area is 140 Å². The summed E-state index contributed by atoms with van der Waals surface area (Å²) in [5.41, 5.74) is -0.102. The number of rotatable bonds is 4. The first-order valence-electron chi connectivity index (χ1n) is 8.30. The summed E-state index contributed by atoms with van der Waals surface area (Å²) in [4.78, 5) is 26.0. The number of carbonyl (C=O) groups is 2. The van der Waals surface area contributed by atoms with Gasteiger partial charge in [-0.1, -0.05) is 36.4 Å². The number of fused-ring (bicyclic) bond motifs is 1. The number of β-amino-alcohol motifs (C(OH)–C–C–N with tert-alkyl or cyclic N) is 1. The van der Waals surface area contributed by atoms with Crippen molar-refractivity contribution in [3.63, 3.8) is 0 Å². The molecule has 4 rings (SSSR count). The van der Waals surface area contributed by atoms with E-state index in [9.17, 15) is 14.7 Å². The topological polar surface area (TPSA) is 69.6 Å². The van der Waals surface area contributed by atoms with Crippen molar-refractivity contribution in [1.29, 1.82) is 0 Å². The molecule has 1 aliphatic carbocycles. The van der Waals surface area contributed by atoms with E-state index in [2.05, 4.69) is 5.32 Å². The normalized spacial score (nSPS) is 25.2. The summed E-state index contributed by atoms with van der Waals surface area (Å²) in [5.74, 6) is -0.00778. The van der Waals surface area contributed by atoms with E-state index < -0.39 is 17.7 Å². The summed E-state index contributed by atoms with van der Waals surface area (Å²) < 4.78 is 0. The average Bonchev–Trinajstić information content (AvgIpc) is 3.40. The van der Waals surface area contributed by atoms with Crippen LogP contribution in [0.25, 0.3) is 10.8 Å². The van der Waals surface area contributed by atoms with Crippen molar-refractivity contribution < 1.29 is 14.7 Å². The number of imide groups is 1. The number of carbonyl (C=O) groups excluding carboxylic acids is 2. The van der Waals surface area contributed by atoms with Crippen LogP contribution in [0.4, 0.5) is 4.79 Å². The molecule has 5 heteroatoms. The summed E-state index contributed by atoms with van der Waals surface area (Å²) in [6.07, 6.45) is 1.03. The van der Waals surface area contributed by atoms with Crippen LogP contribution in [-0.4, -0.2) is 34.0 Å². The van der Waals surface area contributed by atoms with Crippen LogP contribution in [0.1, 0.15) is 31.4 Å². The summed E-state index contributed by atoms with van der Waals surface area (Å²) in [7, 11) is 0. The Morgan fingerprint density at radius 2 is 1.92 bits per heavy atom. The first-order chi connectivity index (χ1) is 11.5. The highest BCUT2D eigenvalue weighted by Gasteiger charge is 2.56. The molecule has 2 fully saturated rings. The Kier molecular flexibility index (Phi) is 3.35. The first-order valence-corrected chi connectivity index (χ1v) is 8.30. The molecule has 3 amide bonds. The predicted molar refractivity (Wildman–Crippen MR) is 90.3 cm³/mol. The number of amides is 3. The second kappa shape index (κ2) is 5.31. The molecular weight excluding hydrogens is 304 g/mol. The van der Waals surface area contributed by atoms with Gasteiger partial charge in [-0.2, -0.15) is 0 Å². The SMILES string of the molecule is C[C@@]1(C2CC2)NC(=O)N(C[C@H](O)c2ccc3ccccc3c2)C1=O. The van der Waals surface area contributed by atoms with Gasteiger partial charge in [-0.25, -0.2) is 4.79 Å². The zero-order valence-corrected chi connectivity index (χ0v) is 13.5. The van der Waals surface area contributed by atoms with Crippen molar-refractivity contribution in [1.82, 2.24) is 10.2 Å². The first kappa shape index (κ1) is 15.1. The van der Waals surface area contributed by atoms with Crippen LogP contribution in [0.3, 0.4) is 0 Å². The Morgan fingerprint density at radius 3 is 2.62 bits per heavy atom. The number of hydrogen-bond donors (Lipinski definition) is 2. The van der Waals surface area contributed by atoms with Gasteiger partial charge in [0.15, 0.2) is 0 Å². The third-order valence-electron chi connectivity index (χ3n) is 5.21. The maximum absolute atomic E-state index is 12.6. The molecule has 2 aromatic rings. The van der Waals surface area contributed by atoms with E-state index in [1.54, 1.807) is 6.92 Å². The molecule has 0 spiro atoms. The summed E-state index contributed by atoms with van der Waals surface area (Å²) in [6, 6.07) is 13.2. The molecule has 1 heterocycles. The van der Waals surface area contributed by atoms with Gasteiger partial charge in [-0.05, 0) is 48.1 Å². The van der Waals surface area contributed by atoms with Gasteiger partial charge >= 0.3 is 6.03 Å². The molecule has 2 aromatic carbocycles. The Morgan fingerprint density at radius 1 is 1.21 bits per heavy atom. The smallest absolute Gasteiger partial charge is 0.325 e. The van der Waals surface area contributed by atoms with E-state index in [4.69, 9.17) is 0 Å². The van der Waals surface area contributed by atoms with Gasteiger partial charge in [-0.15, -0.1) is 0 Å². The number of nitrogens with one attached hydrogen (secondary N) is 1. The number of aliphatic hydroxyl groups excluding tert-OH is 1. The van der Waals surface area contributed by atoms with Crippen molar-refractivity contribution >= 4 is 22.7 Å². The summed E-state index contributed by atoms with van der Waals surface area (Å²) in [5, 5.41) is 15.4. The van der Waals surface area contributed by atoms with Gasteiger partial charge in [0.25, 0.3) is 5.91 Å². The van der Waals surface area contributed by atoms with Crippen molar-refractivity contribution in [3.8, 4) is 0 Å². The maximum atomic E-state index is 12.6. The van der Waals surface area contributed by atoms with Crippen LogP contribution < -0.4 is 5.32 Å². The fourth-order valence-electron chi connectivity index (χ4n) is 3.51. The average molecular weight is 324 g/mol. The van der Waals surface area contributed by atoms with Crippen molar-refractivity contribution in [2.45, 2.75) is 31.4 Å². The van der Waals surface area contributed by atoms with Crippen LogP contribution in [0, 0.1) is 5.92 Å². The second-order valence-corrected chi connectivity index (χ2v) is 6.94. The predicted octanol–water partition coefficient (Wildman–Crippen LogP) is 2.59. The number of nitrogens with zero attached hydrogens (tertiary/aromatic N) is 1. The van der Waals surface area contributed by atoms with Crippen molar-refractivity contribution in [2.75, 3.05) is 6.54 Å². The fourth-order valence-corrected chi connectivity index (χ4v) is 3.51. The van der Waals surface area contributed by atoms with Crippen LogP contribution in [-0.2, 0) is 4.79 Å². The quantitative estimate of drug-likeness (QED) is 0.849. The molecule has 1 saturated carbocycles. The lowest BCUT2D eigenvalue weighted by Gasteiger charge is -2.22. The largest absolute Gasteiger partial charge is 0.387 e. The number of benzene rings is 2. The van der Waals surface area contributed by atoms with Crippen LogP contribution in [0.2, 0.25) is 0 Å². The van der Waals surface area contributed by atoms with E-state index in [1.807, 2.05) is 42.5 Å². The lowest BCUT2D eigenvalue weighted by Crippen LogP contribution is -2.46. The highest BCUT2D eigenvalue weighted by atomic mass is 16.3. The van der Waals surface area contributed by atoms with Gasteiger partial charge < -0.3 is 10.4 Å². The molecule has 0 unspecified atom stereocenters. The molecule has 24 heavy (non-hydrogen) atoms. The van der Waals surface area contributed by atoms with Gasteiger partial charge in [0.1, 0.15) is 5.54 Å². The maximum Gasteiger partial charge on any atom is 0.325 e. The van der Waals surface area contributed by atoms with Crippen LogP contribution in [0.15, 0.2) is 42.5 Å². The van der Waals surface area contributed by atoms with E-state index in [0.29, 0.717) is 5.56 Å². The fraction of sp³-hybridized carbons (Fsp3) is 0.368. The molecule has 2 aliphatic rings. The van der Waals surface area contributed by atoms with E-state index in [0.717, 1.165) is 28.5 Å². The number of aliphatic hydroxyl groups is 1. The molecule has 5 nitrogen and oxygen atoms in total. The molecular formula is C19H20N2O3. The van der Waals surface area contributed by atoms with E-state index in [1.165, 1.54) is 0 Å². The zero-order chi connectivity index (χ0) is 16.9. The molecule has 0 bridgehead atoms. The zero-order valence-electron chi connectivity index (χ0n) is 13.5. The standard InChI is InChI=1S/C19H20N2O3/c1-19(15-8-9-15)17(23)21(18(24)20-19)11-16(22)14-7-6-12-4-2-3-5-13(12)10-14/h2-7,10,15-16,22H,8-9,11H2,1H3,(H,20,24)/t16-,19-/m0/s1. The minimum Gasteiger partial charge on any atom is -0.387 e. The lowest BCUT2D eigenvalue weighted by atomic mass is 9.96. The van der Waals surface area contributed by atoms with Gasteiger partial charge in [0, 0.05) is 0 Å². The monoisotopic (exact) mass is 324 g/mol. The number of hydrogen-bond acceptors (Lipinski definition) is 3. The molecule has 0 radical (unpaired) electrons. The van der Waals surface area contributed by atoms with Gasteiger partial charge in [-0.3, -0.25) is 9.69 Å². The second-order valence-electron chi connectivity index (χ2n) is 6.94. The third-order valence-corrected chi connectivity index (χ3v) is 5.21. The molecule has 1 aliphatic heterocycles. The summed E-state index contributed by atoms with van der Waals surface area (Å²) >= 11 is 0. The highest BCUT2D eigenvalue weighted by Crippen LogP contribution is 2.42. The molecule has 124 valence electrons. The molecule has 1 saturated heterocycles. The summed E-state index contributed by atoms with van der Waals surface area (Å²) in [6.45, 7) is 1.76. The lowest BCUT2D eigenvalue weighted by molar-refractivity contribution is -0.132. The van der Waals surface area contributed by atoms with Crippen LogP contribution >= 0.6 is 0 Å². The minimum atomic E-state index is -0.897. The van der Waals surface area contributed by atoms with Crippen LogP contribution in [0.5, 0.6) is 0 Å². The third kappa shape index (κ3) is 2.36. The highest BCUT2D eigenvalue weighted by molar-refractivity contribution is 6.07. The van der Waals surface area contributed by atoms with Crippen molar-refractivity contribution in [3.05, 3.63) is 48.0 Å². The molecule has 2 N–H and O–H groups in total. The van der Waals surface area contributed by atoms with Gasteiger partial charge in [0.05, 0.1) is 12.6 Å². The van der Waals surface area contributed by atoms with Gasteiger partial charge in [0.2, 0.25) is 0 Å². The minimum absolute atomic E-state index is 0.0225. The van der Waals surface area contributed by atoms with Crippen molar-refractivity contribution in [2.24, 2.45) is 5.92 Å². The molecule has 0 aromatic heterocycles. The van der Waals surface area contributed by atoms with E-state index >= 15 is 0 Å². The molecule has 2 atom stereocenters. The Balaban J connectivity index is 1.55. The Bertz CT molecular complexity index is 830. The Hall–Kier alpha value is -2.40. The van der Waals surface area contributed by atoms with E-state index in [-0.39, 0.29) is 18.4 Å². The number of urea groups is 1.